The van der Waals surface area contributed by atoms with Gasteiger partial charge < -0.3 is 5.32 Å². The van der Waals surface area contributed by atoms with Crippen molar-refractivity contribution in [3.8, 4) is 0 Å². The summed E-state index contributed by atoms with van der Waals surface area (Å²) < 4.78 is 38.1. The molecule has 1 saturated carbocycles. The molecule has 0 aliphatic heterocycles. The van der Waals surface area contributed by atoms with Gasteiger partial charge in [-0.3, -0.25) is 0 Å². The minimum absolute atomic E-state index is 0.0986. The van der Waals surface area contributed by atoms with Crippen LogP contribution in [0.5, 0.6) is 0 Å². The van der Waals surface area contributed by atoms with Gasteiger partial charge in [0, 0.05) is 11.1 Å². The summed E-state index contributed by atoms with van der Waals surface area (Å²) in [5.41, 5.74) is 1.09. The van der Waals surface area contributed by atoms with Crippen LogP contribution in [0.2, 0.25) is 5.02 Å². The lowest BCUT2D eigenvalue weighted by molar-refractivity contribution is -0.184. The molecule has 0 spiro atoms. The van der Waals surface area contributed by atoms with Crippen molar-refractivity contribution < 1.29 is 13.2 Å². The van der Waals surface area contributed by atoms with Gasteiger partial charge in [0.15, 0.2) is 0 Å². The van der Waals surface area contributed by atoms with E-state index in [0.717, 1.165) is 5.56 Å². The number of hydrogen-bond acceptors (Lipinski definition) is 1. The molecule has 1 aromatic carbocycles. The molecular formula is C15H19ClF3N. The molecule has 1 fully saturated rings. The van der Waals surface area contributed by atoms with Crippen molar-refractivity contribution in [2.24, 2.45) is 11.8 Å². The number of alkyl halides is 3. The maximum Gasteiger partial charge on any atom is 0.391 e. The Morgan fingerprint density at radius 2 is 1.65 bits per heavy atom. The van der Waals surface area contributed by atoms with Gasteiger partial charge >= 0.3 is 6.18 Å². The number of halogens is 4. The lowest BCUT2D eigenvalue weighted by atomic mass is 9.76. The Kier molecular flexibility index (Phi) is 4.97. The molecule has 0 saturated heterocycles. The molecule has 0 amide bonds. The molecule has 0 heterocycles. The predicted octanol–water partition coefficient (Wildman–Crippen LogP) is 4.97. The standard InChI is InChI=1S/C15H19ClF3N/c1-20-14(11-4-8-13(16)9-5-11)10-2-6-12(7-3-10)15(17,18)19/h4-5,8-10,12,14,20H,2-3,6-7H2,1H3. The zero-order chi connectivity index (χ0) is 14.8. The summed E-state index contributed by atoms with van der Waals surface area (Å²) >= 11 is 5.87. The second kappa shape index (κ2) is 6.35. The predicted molar refractivity (Wildman–Crippen MR) is 74.8 cm³/mol. The Morgan fingerprint density at radius 1 is 1.10 bits per heavy atom. The molecular weight excluding hydrogens is 287 g/mol. The minimum atomic E-state index is -4.04. The molecule has 1 aromatic rings. The van der Waals surface area contributed by atoms with Gasteiger partial charge in [-0.15, -0.1) is 0 Å². The second-order valence-corrected chi connectivity index (χ2v) is 5.91. The monoisotopic (exact) mass is 305 g/mol. The first-order valence-electron chi connectivity index (χ1n) is 6.91. The maximum absolute atomic E-state index is 12.7. The van der Waals surface area contributed by atoms with Gasteiger partial charge in [0.25, 0.3) is 0 Å². The Bertz CT molecular complexity index is 422. The van der Waals surface area contributed by atoms with E-state index in [0.29, 0.717) is 17.9 Å². The molecule has 1 unspecified atom stereocenters. The van der Waals surface area contributed by atoms with E-state index < -0.39 is 12.1 Å². The second-order valence-electron chi connectivity index (χ2n) is 5.47. The van der Waals surface area contributed by atoms with E-state index in [4.69, 9.17) is 11.6 Å². The summed E-state index contributed by atoms with van der Waals surface area (Å²) in [5, 5.41) is 3.91. The summed E-state index contributed by atoms with van der Waals surface area (Å²) in [4.78, 5) is 0. The summed E-state index contributed by atoms with van der Waals surface area (Å²) in [6.45, 7) is 0. The molecule has 112 valence electrons. The van der Waals surface area contributed by atoms with Crippen molar-refractivity contribution in [1.29, 1.82) is 0 Å². The lowest BCUT2D eigenvalue weighted by Gasteiger charge is -2.34. The highest BCUT2D eigenvalue weighted by atomic mass is 35.5. The van der Waals surface area contributed by atoms with Crippen molar-refractivity contribution in [3.05, 3.63) is 34.9 Å². The molecule has 1 aliphatic rings. The first-order chi connectivity index (χ1) is 9.41. The van der Waals surface area contributed by atoms with Crippen LogP contribution in [0.25, 0.3) is 0 Å². The molecule has 1 N–H and O–H groups in total. The average Bonchev–Trinajstić information content (AvgIpc) is 2.41. The fourth-order valence-electron chi connectivity index (χ4n) is 3.12. The highest BCUT2D eigenvalue weighted by Gasteiger charge is 2.42. The van der Waals surface area contributed by atoms with Crippen LogP contribution in [0.15, 0.2) is 24.3 Å². The summed E-state index contributed by atoms with van der Waals surface area (Å²) in [6, 6.07) is 7.63. The van der Waals surface area contributed by atoms with Gasteiger partial charge in [-0.1, -0.05) is 23.7 Å². The average molecular weight is 306 g/mol. The normalized spacial score (nSPS) is 25.4. The Balaban J connectivity index is 2.02. The van der Waals surface area contributed by atoms with E-state index in [9.17, 15) is 13.2 Å². The van der Waals surface area contributed by atoms with Gasteiger partial charge in [-0.25, -0.2) is 0 Å². The van der Waals surface area contributed by atoms with Crippen LogP contribution in [0.3, 0.4) is 0 Å². The summed E-state index contributed by atoms with van der Waals surface area (Å²) in [6.07, 6.45) is -2.35. The van der Waals surface area contributed by atoms with Crippen molar-refractivity contribution in [2.45, 2.75) is 37.9 Å². The van der Waals surface area contributed by atoms with E-state index in [1.807, 2.05) is 31.3 Å². The fourth-order valence-corrected chi connectivity index (χ4v) is 3.25. The lowest BCUT2D eigenvalue weighted by Crippen LogP contribution is -2.33. The number of nitrogens with one attached hydrogen (secondary N) is 1. The van der Waals surface area contributed by atoms with Crippen LogP contribution in [0, 0.1) is 11.8 Å². The van der Waals surface area contributed by atoms with Crippen molar-refractivity contribution in [3.63, 3.8) is 0 Å². The van der Waals surface area contributed by atoms with E-state index in [1.165, 1.54) is 0 Å². The molecule has 1 atom stereocenters. The topological polar surface area (TPSA) is 12.0 Å². The Morgan fingerprint density at radius 3 is 2.10 bits per heavy atom. The van der Waals surface area contributed by atoms with E-state index in [-0.39, 0.29) is 24.8 Å². The van der Waals surface area contributed by atoms with Crippen LogP contribution in [-0.4, -0.2) is 13.2 Å². The molecule has 0 bridgehead atoms. The zero-order valence-corrected chi connectivity index (χ0v) is 12.1. The van der Waals surface area contributed by atoms with Gasteiger partial charge in [0.1, 0.15) is 0 Å². The van der Waals surface area contributed by atoms with E-state index in [1.54, 1.807) is 0 Å². The van der Waals surface area contributed by atoms with Crippen molar-refractivity contribution in [2.75, 3.05) is 7.05 Å². The van der Waals surface area contributed by atoms with Gasteiger partial charge in [-0.05, 0) is 56.3 Å². The Labute approximate surface area is 122 Å². The molecule has 1 nitrogen and oxygen atoms in total. The van der Waals surface area contributed by atoms with Crippen LogP contribution < -0.4 is 5.32 Å². The first kappa shape index (κ1) is 15.6. The Hall–Kier alpha value is -0.740. The largest absolute Gasteiger partial charge is 0.391 e. The SMILES string of the molecule is CNC(c1ccc(Cl)cc1)C1CCC(C(F)(F)F)CC1. The van der Waals surface area contributed by atoms with Crippen LogP contribution >= 0.6 is 11.6 Å². The minimum Gasteiger partial charge on any atom is -0.313 e. The van der Waals surface area contributed by atoms with E-state index in [2.05, 4.69) is 5.32 Å². The third-order valence-corrected chi connectivity index (χ3v) is 4.50. The van der Waals surface area contributed by atoms with Gasteiger partial charge in [-0.2, -0.15) is 13.2 Å². The third-order valence-electron chi connectivity index (χ3n) is 4.25. The smallest absolute Gasteiger partial charge is 0.313 e. The quantitative estimate of drug-likeness (QED) is 0.831. The molecule has 2 rings (SSSR count). The number of hydrogen-bond donors (Lipinski definition) is 1. The maximum atomic E-state index is 12.7. The van der Waals surface area contributed by atoms with Gasteiger partial charge in [0.2, 0.25) is 0 Å². The van der Waals surface area contributed by atoms with Gasteiger partial charge in [0.05, 0.1) is 5.92 Å². The molecule has 1 aliphatic carbocycles. The first-order valence-corrected chi connectivity index (χ1v) is 7.29. The van der Waals surface area contributed by atoms with E-state index >= 15 is 0 Å². The van der Waals surface area contributed by atoms with Crippen molar-refractivity contribution >= 4 is 11.6 Å². The highest BCUT2D eigenvalue weighted by Crippen LogP contribution is 2.43. The highest BCUT2D eigenvalue weighted by molar-refractivity contribution is 6.30. The van der Waals surface area contributed by atoms with Crippen molar-refractivity contribution in [1.82, 2.24) is 5.32 Å². The van der Waals surface area contributed by atoms with Crippen LogP contribution in [-0.2, 0) is 0 Å². The summed E-state index contributed by atoms with van der Waals surface area (Å²) in [5.74, 6) is -0.874. The third kappa shape index (κ3) is 3.67. The number of benzene rings is 1. The summed E-state index contributed by atoms with van der Waals surface area (Å²) in [7, 11) is 1.86. The molecule has 0 aromatic heterocycles. The molecule has 5 heteroatoms. The van der Waals surface area contributed by atoms with Crippen LogP contribution in [0.4, 0.5) is 13.2 Å². The molecule has 20 heavy (non-hydrogen) atoms. The molecule has 0 radical (unpaired) electrons. The zero-order valence-electron chi connectivity index (χ0n) is 11.4. The van der Waals surface area contributed by atoms with Crippen LogP contribution in [0.1, 0.15) is 37.3 Å². The number of rotatable bonds is 3. The fraction of sp³-hybridized carbons (Fsp3) is 0.600.